The van der Waals surface area contributed by atoms with E-state index in [2.05, 4.69) is 10.3 Å². The number of hydrogen-bond acceptors (Lipinski definition) is 7. The molecule has 10 heteroatoms. The summed E-state index contributed by atoms with van der Waals surface area (Å²) in [6, 6.07) is 9.35. The normalized spacial score (nSPS) is 10.6. The van der Waals surface area contributed by atoms with Crippen LogP contribution in [0.5, 0.6) is 0 Å². The van der Waals surface area contributed by atoms with Crippen LogP contribution in [0.2, 0.25) is 0 Å². The maximum atomic E-state index is 12.7. The number of ether oxygens (including phenoxy) is 1. The number of hydrogen-bond donors (Lipinski definition) is 1. The molecule has 2 aromatic heterocycles. The Labute approximate surface area is 176 Å². The minimum atomic E-state index is -0.597. The molecule has 3 aromatic rings. The van der Waals surface area contributed by atoms with Crippen molar-refractivity contribution in [1.82, 2.24) is 9.55 Å². The number of amides is 1. The standard InChI is InChI=1S/C20H20N4O5S/c1-4-29-20(26)18-17(14-8-6-5-7-9-14)12(2)30-19(18)22-15(25)11-23-13(3)21-10-16(23)24(27)28/h5-10H,4,11H2,1-3H3,(H,22,25). The Balaban J connectivity index is 1.96. The van der Waals surface area contributed by atoms with Crippen LogP contribution in [0.1, 0.15) is 28.0 Å². The van der Waals surface area contributed by atoms with Crippen molar-refractivity contribution >= 4 is 34.0 Å². The van der Waals surface area contributed by atoms with Crippen LogP contribution in [0.3, 0.4) is 0 Å². The SMILES string of the molecule is CCOC(=O)c1c(NC(=O)Cn2c([N+](=O)[O-])cnc2C)sc(C)c1-c1ccccc1. The van der Waals surface area contributed by atoms with Crippen molar-refractivity contribution in [3.8, 4) is 11.1 Å². The molecule has 0 saturated carbocycles. The molecule has 1 amide bonds. The van der Waals surface area contributed by atoms with Gasteiger partial charge in [0, 0.05) is 17.4 Å². The van der Waals surface area contributed by atoms with Crippen LogP contribution in [0.4, 0.5) is 10.8 Å². The fraction of sp³-hybridized carbons (Fsp3) is 0.250. The Hall–Kier alpha value is -3.53. The van der Waals surface area contributed by atoms with Gasteiger partial charge in [0.1, 0.15) is 16.8 Å². The van der Waals surface area contributed by atoms with Crippen molar-refractivity contribution in [3.63, 3.8) is 0 Å². The summed E-state index contributed by atoms with van der Waals surface area (Å²) < 4.78 is 6.42. The third-order valence-electron chi connectivity index (χ3n) is 4.40. The van der Waals surface area contributed by atoms with E-state index >= 15 is 0 Å². The first-order valence-corrected chi connectivity index (χ1v) is 9.97. The quantitative estimate of drug-likeness (QED) is 0.346. The van der Waals surface area contributed by atoms with Crippen LogP contribution in [-0.4, -0.2) is 33.0 Å². The van der Waals surface area contributed by atoms with Crippen LogP contribution in [-0.2, 0) is 16.1 Å². The van der Waals surface area contributed by atoms with E-state index in [1.54, 1.807) is 13.8 Å². The van der Waals surface area contributed by atoms with Crippen LogP contribution >= 0.6 is 11.3 Å². The monoisotopic (exact) mass is 428 g/mol. The highest BCUT2D eigenvalue weighted by atomic mass is 32.1. The minimum Gasteiger partial charge on any atom is -0.462 e. The van der Waals surface area contributed by atoms with E-state index in [1.165, 1.54) is 15.9 Å². The number of thiophene rings is 1. The summed E-state index contributed by atoms with van der Waals surface area (Å²) in [5.74, 6) is -0.984. The number of imidazole rings is 1. The van der Waals surface area contributed by atoms with Gasteiger partial charge in [-0.15, -0.1) is 11.3 Å². The van der Waals surface area contributed by atoms with Gasteiger partial charge in [0.15, 0.2) is 12.4 Å². The second kappa shape index (κ2) is 8.87. The van der Waals surface area contributed by atoms with Gasteiger partial charge in [-0.05, 0) is 24.3 Å². The molecular weight excluding hydrogens is 408 g/mol. The van der Waals surface area contributed by atoms with E-state index in [0.29, 0.717) is 16.4 Å². The smallest absolute Gasteiger partial charge is 0.343 e. The second-order valence-electron chi connectivity index (χ2n) is 6.38. The number of carbonyl (C=O) groups is 2. The first-order chi connectivity index (χ1) is 14.3. The fourth-order valence-corrected chi connectivity index (χ4v) is 4.17. The number of nitro groups is 1. The third kappa shape index (κ3) is 4.23. The predicted octanol–water partition coefficient (Wildman–Crippen LogP) is 3.95. The summed E-state index contributed by atoms with van der Waals surface area (Å²) in [5, 5.41) is 14.2. The molecule has 0 unspecified atom stereocenters. The first kappa shape index (κ1) is 21.2. The number of benzene rings is 1. The third-order valence-corrected chi connectivity index (χ3v) is 5.42. The zero-order valence-electron chi connectivity index (χ0n) is 16.7. The molecule has 0 saturated heterocycles. The predicted molar refractivity (Wildman–Crippen MR) is 113 cm³/mol. The topological polar surface area (TPSA) is 116 Å². The average Bonchev–Trinajstić information content (AvgIpc) is 3.22. The lowest BCUT2D eigenvalue weighted by atomic mass is 10.0. The summed E-state index contributed by atoms with van der Waals surface area (Å²) in [4.78, 5) is 40.7. The zero-order chi connectivity index (χ0) is 21.8. The van der Waals surface area contributed by atoms with E-state index in [1.807, 2.05) is 37.3 Å². The van der Waals surface area contributed by atoms with Crippen LogP contribution < -0.4 is 5.32 Å². The van der Waals surface area contributed by atoms with Crippen molar-refractivity contribution in [3.05, 3.63) is 62.9 Å². The van der Waals surface area contributed by atoms with Crippen molar-refractivity contribution in [2.24, 2.45) is 0 Å². The molecule has 0 aliphatic carbocycles. The number of nitrogens with one attached hydrogen (secondary N) is 1. The lowest BCUT2D eigenvalue weighted by molar-refractivity contribution is -0.392. The van der Waals surface area contributed by atoms with Gasteiger partial charge in [-0.1, -0.05) is 30.3 Å². The molecule has 1 N–H and O–H groups in total. The molecule has 0 aliphatic heterocycles. The average molecular weight is 428 g/mol. The Bertz CT molecular complexity index is 1100. The highest BCUT2D eigenvalue weighted by molar-refractivity contribution is 7.17. The summed E-state index contributed by atoms with van der Waals surface area (Å²) in [6.45, 7) is 5.03. The van der Waals surface area contributed by atoms with Crippen LogP contribution in [0.25, 0.3) is 11.1 Å². The van der Waals surface area contributed by atoms with Gasteiger partial charge in [0.2, 0.25) is 0 Å². The minimum absolute atomic E-state index is 0.190. The van der Waals surface area contributed by atoms with Gasteiger partial charge in [0.05, 0.1) is 6.61 Å². The first-order valence-electron chi connectivity index (χ1n) is 9.15. The van der Waals surface area contributed by atoms with E-state index < -0.39 is 16.8 Å². The largest absolute Gasteiger partial charge is 0.462 e. The van der Waals surface area contributed by atoms with Gasteiger partial charge < -0.3 is 20.2 Å². The van der Waals surface area contributed by atoms with E-state index in [4.69, 9.17) is 4.74 Å². The summed E-state index contributed by atoms with van der Waals surface area (Å²) in [6.07, 6.45) is 1.11. The Morgan fingerprint density at radius 2 is 1.97 bits per heavy atom. The maximum absolute atomic E-state index is 12.7. The van der Waals surface area contributed by atoms with Crippen molar-refractivity contribution < 1.29 is 19.2 Å². The van der Waals surface area contributed by atoms with Crippen molar-refractivity contribution in [1.29, 1.82) is 0 Å². The van der Waals surface area contributed by atoms with Crippen LogP contribution in [0.15, 0.2) is 36.5 Å². The molecule has 0 atom stereocenters. The van der Waals surface area contributed by atoms with E-state index in [0.717, 1.165) is 16.6 Å². The fourth-order valence-electron chi connectivity index (χ4n) is 3.09. The van der Waals surface area contributed by atoms with Gasteiger partial charge in [-0.3, -0.25) is 4.79 Å². The number of carbonyl (C=O) groups excluding carboxylic acids is 2. The van der Waals surface area contributed by atoms with Crippen molar-refractivity contribution in [2.45, 2.75) is 27.3 Å². The van der Waals surface area contributed by atoms with Crippen LogP contribution in [0, 0.1) is 24.0 Å². The Morgan fingerprint density at radius 1 is 1.27 bits per heavy atom. The van der Waals surface area contributed by atoms with Gasteiger partial charge in [0.25, 0.3) is 5.91 Å². The maximum Gasteiger partial charge on any atom is 0.343 e. The molecule has 156 valence electrons. The number of aromatic nitrogens is 2. The van der Waals surface area contributed by atoms with Gasteiger partial charge >= 0.3 is 11.8 Å². The van der Waals surface area contributed by atoms with Gasteiger partial charge in [-0.2, -0.15) is 0 Å². The summed E-state index contributed by atoms with van der Waals surface area (Å²) >= 11 is 1.25. The van der Waals surface area contributed by atoms with E-state index in [-0.39, 0.29) is 24.5 Å². The number of rotatable bonds is 7. The molecule has 30 heavy (non-hydrogen) atoms. The molecule has 3 rings (SSSR count). The number of anilines is 1. The molecule has 9 nitrogen and oxygen atoms in total. The Morgan fingerprint density at radius 3 is 2.60 bits per heavy atom. The van der Waals surface area contributed by atoms with Gasteiger partial charge in [-0.25, -0.2) is 14.3 Å². The number of aryl methyl sites for hydroxylation is 2. The molecular formula is C20H20N4O5S. The summed E-state index contributed by atoms with van der Waals surface area (Å²) in [7, 11) is 0. The molecule has 0 radical (unpaired) electrons. The Kier molecular flexibility index (Phi) is 6.26. The highest BCUT2D eigenvalue weighted by Gasteiger charge is 2.27. The summed E-state index contributed by atoms with van der Waals surface area (Å²) in [5.41, 5.74) is 1.80. The lowest BCUT2D eigenvalue weighted by Crippen LogP contribution is -2.21. The highest BCUT2D eigenvalue weighted by Crippen LogP contribution is 2.40. The molecule has 0 bridgehead atoms. The molecule has 0 fully saturated rings. The molecule has 1 aromatic carbocycles. The molecule has 0 spiro atoms. The van der Waals surface area contributed by atoms with E-state index in [9.17, 15) is 19.7 Å². The number of nitrogens with zero attached hydrogens (tertiary/aromatic N) is 3. The number of esters is 1. The lowest BCUT2D eigenvalue weighted by Gasteiger charge is -2.09. The van der Waals surface area contributed by atoms with Crippen molar-refractivity contribution in [2.75, 3.05) is 11.9 Å². The second-order valence-corrected chi connectivity index (χ2v) is 7.60. The zero-order valence-corrected chi connectivity index (χ0v) is 17.5. The molecule has 2 heterocycles. The molecule has 0 aliphatic rings.